The van der Waals surface area contributed by atoms with Gasteiger partial charge in [0.25, 0.3) is 0 Å². The fraction of sp³-hybridized carbons (Fsp3) is 0.860. The van der Waals surface area contributed by atoms with Crippen molar-refractivity contribution >= 4 is 5.91 Å². The minimum Gasteiger partial charge on any atom is -0.394 e. The van der Waals surface area contributed by atoms with Gasteiger partial charge in [-0.25, -0.2) is 0 Å². The number of carbonyl (C=O) groups excluding carboxylic acids is 1. The number of ether oxygens (including phenoxy) is 2. The van der Waals surface area contributed by atoms with Crippen LogP contribution in [0.2, 0.25) is 0 Å². The SMILES string of the molecule is CC/C=C\C/C=C\C/C=C\CCCCCCCC(=O)NC(COC1OC(CO)C(O)C(O)C1O)C(O)CCCCCCCCCCCCCCCCCCCCCCC. The molecule has 6 N–H and O–H groups in total. The molecule has 1 saturated heterocycles. The van der Waals surface area contributed by atoms with Crippen molar-refractivity contribution in [3.05, 3.63) is 36.5 Å². The van der Waals surface area contributed by atoms with Crippen LogP contribution in [-0.2, 0) is 14.3 Å². The topological polar surface area (TPSA) is 149 Å². The Morgan fingerprint density at radius 2 is 1.05 bits per heavy atom. The number of aliphatic hydroxyl groups is 5. The number of rotatable bonds is 41. The van der Waals surface area contributed by atoms with Crippen molar-refractivity contribution in [2.24, 2.45) is 0 Å². The van der Waals surface area contributed by atoms with Gasteiger partial charge in [0.2, 0.25) is 5.91 Å². The summed E-state index contributed by atoms with van der Waals surface area (Å²) in [5.74, 6) is -0.161. The molecule has 1 fully saturated rings. The van der Waals surface area contributed by atoms with E-state index < -0.39 is 49.5 Å². The average Bonchev–Trinajstić information content (AvgIpc) is 3.23. The number of allylic oxidation sites excluding steroid dienone is 6. The molecule has 59 heavy (non-hydrogen) atoms. The van der Waals surface area contributed by atoms with E-state index in [2.05, 4.69) is 55.6 Å². The van der Waals surface area contributed by atoms with Crippen molar-refractivity contribution < 1.29 is 39.8 Å². The van der Waals surface area contributed by atoms with Crippen molar-refractivity contribution in [2.45, 2.75) is 262 Å². The molecule has 0 radical (unpaired) electrons. The molecule has 1 amide bonds. The van der Waals surface area contributed by atoms with E-state index in [1.807, 2.05) is 0 Å². The number of amides is 1. The maximum atomic E-state index is 13.0. The Kier molecular flexibility index (Phi) is 38.0. The first-order valence-electron chi connectivity index (χ1n) is 24.7. The van der Waals surface area contributed by atoms with Gasteiger partial charge in [0.15, 0.2) is 6.29 Å². The monoisotopic (exact) mass is 836 g/mol. The molecule has 7 unspecified atom stereocenters. The van der Waals surface area contributed by atoms with Crippen molar-refractivity contribution in [3.63, 3.8) is 0 Å². The Hall–Kier alpha value is -1.59. The number of nitrogens with one attached hydrogen (secondary N) is 1. The van der Waals surface area contributed by atoms with Gasteiger partial charge in [-0.2, -0.15) is 0 Å². The first-order chi connectivity index (χ1) is 28.8. The Morgan fingerprint density at radius 1 is 0.593 bits per heavy atom. The van der Waals surface area contributed by atoms with Crippen LogP contribution in [0.3, 0.4) is 0 Å². The van der Waals surface area contributed by atoms with E-state index in [0.29, 0.717) is 12.8 Å². The van der Waals surface area contributed by atoms with Crippen LogP contribution < -0.4 is 5.32 Å². The van der Waals surface area contributed by atoms with E-state index in [1.165, 1.54) is 116 Å². The second-order valence-electron chi connectivity index (χ2n) is 17.2. The first kappa shape index (κ1) is 55.4. The van der Waals surface area contributed by atoms with Crippen LogP contribution in [0.25, 0.3) is 0 Å². The first-order valence-corrected chi connectivity index (χ1v) is 24.7. The molecule has 346 valence electrons. The molecule has 1 aliphatic heterocycles. The zero-order chi connectivity index (χ0) is 43.0. The zero-order valence-corrected chi connectivity index (χ0v) is 38.0. The third kappa shape index (κ3) is 31.0. The van der Waals surface area contributed by atoms with Crippen LogP contribution in [0.15, 0.2) is 36.5 Å². The fourth-order valence-corrected chi connectivity index (χ4v) is 7.82. The van der Waals surface area contributed by atoms with Crippen molar-refractivity contribution in [1.82, 2.24) is 5.32 Å². The van der Waals surface area contributed by atoms with E-state index in [-0.39, 0.29) is 12.5 Å². The predicted molar refractivity (Wildman–Crippen MR) is 244 cm³/mol. The maximum absolute atomic E-state index is 13.0. The number of hydrogen-bond donors (Lipinski definition) is 6. The summed E-state index contributed by atoms with van der Waals surface area (Å²) in [6.45, 7) is 3.72. The van der Waals surface area contributed by atoms with Crippen LogP contribution in [0, 0.1) is 0 Å². The van der Waals surface area contributed by atoms with E-state index >= 15 is 0 Å². The summed E-state index contributed by atoms with van der Waals surface area (Å²) in [7, 11) is 0. The lowest BCUT2D eigenvalue weighted by atomic mass is 9.99. The summed E-state index contributed by atoms with van der Waals surface area (Å²) in [5, 5.41) is 54.4. The van der Waals surface area contributed by atoms with E-state index in [0.717, 1.165) is 77.0 Å². The summed E-state index contributed by atoms with van der Waals surface area (Å²) in [6.07, 6.45) is 43.0. The molecule has 1 aliphatic rings. The number of aliphatic hydroxyl groups excluding tert-OH is 5. The van der Waals surface area contributed by atoms with Gasteiger partial charge in [0.05, 0.1) is 25.4 Å². The van der Waals surface area contributed by atoms with Crippen LogP contribution in [0.1, 0.15) is 219 Å². The molecular weight excluding hydrogens is 743 g/mol. The number of hydrogen-bond acceptors (Lipinski definition) is 8. The van der Waals surface area contributed by atoms with Crippen LogP contribution >= 0.6 is 0 Å². The van der Waals surface area contributed by atoms with Gasteiger partial charge in [-0.05, 0) is 44.9 Å². The lowest BCUT2D eigenvalue weighted by Gasteiger charge is -2.40. The molecule has 7 atom stereocenters. The highest BCUT2D eigenvalue weighted by molar-refractivity contribution is 5.76. The van der Waals surface area contributed by atoms with Gasteiger partial charge in [0.1, 0.15) is 24.4 Å². The van der Waals surface area contributed by atoms with Crippen molar-refractivity contribution in [3.8, 4) is 0 Å². The summed E-state index contributed by atoms with van der Waals surface area (Å²) in [4.78, 5) is 13.0. The molecule has 9 nitrogen and oxygen atoms in total. The Morgan fingerprint density at radius 3 is 1.56 bits per heavy atom. The Bertz CT molecular complexity index is 1020. The highest BCUT2D eigenvalue weighted by atomic mass is 16.7. The molecule has 0 bridgehead atoms. The van der Waals surface area contributed by atoms with E-state index in [9.17, 15) is 30.3 Å². The lowest BCUT2D eigenvalue weighted by Crippen LogP contribution is -2.60. The molecule has 1 heterocycles. The van der Waals surface area contributed by atoms with Gasteiger partial charge >= 0.3 is 0 Å². The summed E-state index contributed by atoms with van der Waals surface area (Å²) in [6, 6.07) is -0.727. The van der Waals surface area contributed by atoms with Gasteiger partial charge in [-0.3, -0.25) is 4.79 Å². The average molecular weight is 836 g/mol. The summed E-state index contributed by atoms with van der Waals surface area (Å²) < 4.78 is 11.3. The van der Waals surface area contributed by atoms with Crippen LogP contribution in [0.4, 0.5) is 0 Å². The van der Waals surface area contributed by atoms with Gasteiger partial charge in [0, 0.05) is 6.42 Å². The highest BCUT2D eigenvalue weighted by Crippen LogP contribution is 2.23. The van der Waals surface area contributed by atoms with Crippen molar-refractivity contribution in [1.29, 1.82) is 0 Å². The Balaban J connectivity index is 2.28. The zero-order valence-electron chi connectivity index (χ0n) is 38.0. The smallest absolute Gasteiger partial charge is 0.220 e. The minimum absolute atomic E-state index is 0.145. The lowest BCUT2D eigenvalue weighted by molar-refractivity contribution is -0.302. The van der Waals surface area contributed by atoms with Gasteiger partial charge in [-0.1, -0.05) is 204 Å². The standard InChI is InChI=1S/C50H93NO8/c1-3-5-7-9-11-13-15-17-19-20-21-22-23-24-26-27-29-31-33-35-37-39-44(53)43(42-58-50-49(57)48(56)47(55)45(41-52)59-50)51-46(54)40-38-36-34-32-30-28-25-18-16-14-12-10-8-6-4-2/h6,8,12,14,18,25,43-45,47-50,52-53,55-57H,3-5,7,9-11,13,15-17,19-24,26-42H2,1-2H3,(H,51,54)/b8-6-,14-12-,25-18-. The molecule has 0 aromatic heterocycles. The van der Waals surface area contributed by atoms with Crippen LogP contribution in [-0.4, -0.2) is 87.5 Å². The quantitative estimate of drug-likeness (QED) is 0.0263. The van der Waals surface area contributed by atoms with E-state index in [4.69, 9.17) is 9.47 Å². The number of carbonyl (C=O) groups is 1. The third-order valence-corrected chi connectivity index (χ3v) is 11.8. The molecular formula is C50H93NO8. The molecule has 0 aromatic carbocycles. The van der Waals surface area contributed by atoms with Gasteiger partial charge < -0.3 is 40.3 Å². The molecule has 0 spiro atoms. The molecule has 1 rings (SSSR count). The summed E-state index contributed by atoms with van der Waals surface area (Å²) >= 11 is 0. The van der Waals surface area contributed by atoms with Crippen LogP contribution in [0.5, 0.6) is 0 Å². The second-order valence-corrected chi connectivity index (χ2v) is 17.2. The molecule has 0 aromatic rings. The maximum Gasteiger partial charge on any atom is 0.220 e. The predicted octanol–water partition coefficient (Wildman–Crippen LogP) is 10.8. The Labute approximate surface area is 361 Å². The van der Waals surface area contributed by atoms with Crippen molar-refractivity contribution in [2.75, 3.05) is 13.2 Å². The molecule has 9 heteroatoms. The highest BCUT2D eigenvalue weighted by Gasteiger charge is 2.44. The fourth-order valence-electron chi connectivity index (χ4n) is 7.82. The normalized spacial score (nSPS) is 21.0. The third-order valence-electron chi connectivity index (χ3n) is 11.8. The number of unbranched alkanes of at least 4 members (excludes halogenated alkanes) is 25. The second kappa shape index (κ2) is 40.5. The van der Waals surface area contributed by atoms with E-state index in [1.54, 1.807) is 0 Å². The summed E-state index contributed by atoms with van der Waals surface area (Å²) in [5.41, 5.74) is 0. The largest absolute Gasteiger partial charge is 0.394 e. The molecule has 0 saturated carbocycles. The molecule has 0 aliphatic carbocycles. The van der Waals surface area contributed by atoms with Gasteiger partial charge in [-0.15, -0.1) is 0 Å². The minimum atomic E-state index is -1.56.